The topological polar surface area (TPSA) is 60.7 Å². The molecule has 1 heterocycles. The van der Waals surface area contributed by atoms with E-state index in [4.69, 9.17) is 10.0 Å². The van der Waals surface area contributed by atoms with Crippen molar-refractivity contribution in [2.45, 2.75) is 6.92 Å². The molecule has 3 N–H and O–H groups in total. The second-order valence-corrected chi connectivity index (χ2v) is 4.03. The van der Waals surface area contributed by atoms with E-state index in [2.05, 4.69) is 0 Å². The van der Waals surface area contributed by atoms with E-state index >= 15 is 0 Å². The van der Waals surface area contributed by atoms with E-state index in [1.54, 1.807) is 17.5 Å². The largest absolute Gasteiger partial charge is 0.506 e. The maximum Gasteiger partial charge on any atom is 0.488 e. The molecule has 0 saturated heterocycles. The monoisotopic (exact) mass is 208 g/mol. The summed E-state index contributed by atoms with van der Waals surface area (Å²) in [4.78, 5) is 0. The Balaban J connectivity index is 2.76. The average Bonchev–Trinajstić information content (AvgIpc) is 2.49. The van der Waals surface area contributed by atoms with Gasteiger partial charge in [-0.3, -0.25) is 0 Å². The molecule has 1 aromatic carbocycles. The molecule has 0 fully saturated rings. The molecule has 2 aromatic rings. The first-order valence-corrected chi connectivity index (χ1v) is 5.05. The first-order chi connectivity index (χ1) is 6.61. The van der Waals surface area contributed by atoms with Crippen LogP contribution >= 0.6 is 11.3 Å². The van der Waals surface area contributed by atoms with Gasteiger partial charge in [0.25, 0.3) is 0 Å². The number of hydrogen-bond donors (Lipinski definition) is 3. The van der Waals surface area contributed by atoms with Crippen molar-refractivity contribution in [2.75, 3.05) is 0 Å². The molecule has 0 unspecified atom stereocenters. The molecule has 0 amide bonds. The molecule has 0 saturated carbocycles. The Labute approximate surface area is 85.4 Å². The summed E-state index contributed by atoms with van der Waals surface area (Å²) in [6.45, 7) is 1.81. The lowest BCUT2D eigenvalue weighted by Crippen LogP contribution is -2.31. The summed E-state index contributed by atoms with van der Waals surface area (Å²) < 4.78 is 0.896. The van der Waals surface area contributed by atoms with Gasteiger partial charge in [-0.1, -0.05) is 12.1 Å². The highest BCUT2D eigenvalue weighted by Crippen LogP contribution is 2.32. The van der Waals surface area contributed by atoms with Crippen LogP contribution in [0.3, 0.4) is 0 Å². The third-order valence-electron chi connectivity index (χ3n) is 2.29. The molecule has 0 aliphatic rings. The van der Waals surface area contributed by atoms with Gasteiger partial charge in [0.15, 0.2) is 0 Å². The van der Waals surface area contributed by atoms with Crippen LogP contribution in [-0.2, 0) is 0 Å². The van der Waals surface area contributed by atoms with Crippen molar-refractivity contribution in [1.82, 2.24) is 0 Å². The number of thiophene rings is 1. The fourth-order valence-corrected chi connectivity index (χ4v) is 2.47. The zero-order valence-electron chi connectivity index (χ0n) is 7.56. The van der Waals surface area contributed by atoms with Crippen LogP contribution in [0.4, 0.5) is 0 Å². The molecule has 5 heteroatoms. The van der Waals surface area contributed by atoms with E-state index in [0.29, 0.717) is 5.46 Å². The molecule has 0 aliphatic heterocycles. The van der Waals surface area contributed by atoms with Gasteiger partial charge < -0.3 is 15.2 Å². The van der Waals surface area contributed by atoms with Gasteiger partial charge in [-0.15, -0.1) is 11.3 Å². The van der Waals surface area contributed by atoms with Crippen LogP contribution in [0.5, 0.6) is 5.75 Å². The summed E-state index contributed by atoms with van der Waals surface area (Å²) in [5, 5.41) is 30.0. The van der Waals surface area contributed by atoms with Crippen LogP contribution in [0.25, 0.3) is 10.1 Å². The predicted molar refractivity (Wildman–Crippen MR) is 58.1 cm³/mol. The van der Waals surface area contributed by atoms with Crippen LogP contribution in [0.1, 0.15) is 5.56 Å². The molecule has 0 bridgehead atoms. The van der Waals surface area contributed by atoms with Crippen molar-refractivity contribution in [3.05, 3.63) is 23.1 Å². The van der Waals surface area contributed by atoms with E-state index in [1.165, 1.54) is 11.3 Å². The third-order valence-corrected chi connectivity index (χ3v) is 3.39. The fraction of sp³-hybridized carbons (Fsp3) is 0.111. The molecule has 72 valence electrons. The van der Waals surface area contributed by atoms with Crippen molar-refractivity contribution in [1.29, 1.82) is 0 Å². The smallest absolute Gasteiger partial charge is 0.488 e. The highest BCUT2D eigenvalue weighted by molar-refractivity contribution is 7.17. The van der Waals surface area contributed by atoms with Crippen molar-refractivity contribution in [3.8, 4) is 5.75 Å². The number of fused-ring (bicyclic) bond motifs is 1. The zero-order valence-corrected chi connectivity index (χ0v) is 8.38. The van der Waals surface area contributed by atoms with E-state index < -0.39 is 7.12 Å². The number of aromatic hydroxyl groups is 1. The lowest BCUT2D eigenvalue weighted by atomic mass is 9.77. The van der Waals surface area contributed by atoms with Crippen LogP contribution < -0.4 is 5.46 Å². The molecule has 1 aromatic heterocycles. The van der Waals surface area contributed by atoms with Crippen LogP contribution in [0, 0.1) is 6.92 Å². The zero-order chi connectivity index (χ0) is 10.3. The maximum absolute atomic E-state index is 9.45. The quantitative estimate of drug-likeness (QED) is 0.601. The number of benzene rings is 1. The first-order valence-electron chi connectivity index (χ1n) is 4.17. The van der Waals surface area contributed by atoms with Gasteiger partial charge in [0.05, 0.1) is 0 Å². The normalized spacial score (nSPS) is 10.8. The standard InChI is InChI=1S/C9H9BO3S/c1-5-7(10(12)13)3-2-6-8(11)4-14-9(5)6/h2-4,11-13H,1H3. The van der Waals surface area contributed by atoms with Crippen molar-refractivity contribution in [2.24, 2.45) is 0 Å². The second kappa shape index (κ2) is 3.27. The summed E-state index contributed by atoms with van der Waals surface area (Å²) in [7, 11) is -1.45. The van der Waals surface area contributed by atoms with Crippen LogP contribution in [-0.4, -0.2) is 22.3 Å². The lowest BCUT2D eigenvalue weighted by molar-refractivity contribution is 0.425. The first kappa shape index (κ1) is 9.52. The minimum atomic E-state index is -1.45. The summed E-state index contributed by atoms with van der Waals surface area (Å²) in [5.74, 6) is 0.243. The van der Waals surface area contributed by atoms with Crippen molar-refractivity contribution >= 4 is 34.0 Å². The van der Waals surface area contributed by atoms with E-state index in [9.17, 15) is 5.11 Å². The minimum Gasteiger partial charge on any atom is -0.506 e. The van der Waals surface area contributed by atoms with Gasteiger partial charge in [0.1, 0.15) is 5.75 Å². The Morgan fingerprint density at radius 2 is 2.00 bits per heavy atom. The minimum absolute atomic E-state index is 0.243. The summed E-state index contributed by atoms with van der Waals surface area (Å²) >= 11 is 1.40. The molecule has 0 atom stereocenters. The van der Waals surface area contributed by atoms with Crippen molar-refractivity contribution in [3.63, 3.8) is 0 Å². The SMILES string of the molecule is Cc1c(B(O)O)ccc2c(O)csc12. The number of hydrogen-bond acceptors (Lipinski definition) is 4. The van der Waals surface area contributed by atoms with E-state index in [0.717, 1.165) is 15.6 Å². The van der Waals surface area contributed by atoms with Gasteiger partial charge >= 0.3 is 7.12 Å². The molecule has 14 heavy (non-hydrogen) atoms. The van der Waals surface area contributed by atoms with Gasteiger partial charge in [-0.05, 0) is 17.9 Å². The fourth-order valence-electron chi connectivity index (χ4n) is 1.52. The Hall–Kier alpha value is -1.04. The Morgan fingerprint density at radius 1 is 1.29 bits per heavy atom. The summed E-state index contributed by atoms with van der Waals surface area (Å²) in [6, 6.07) is 3.32. The Morgan fingerprint density at radius 3 is 2.64 bits per heavy atom. The Kier molecular flexibility index (Phi) is 2.22. The predicted octanol–water partition coefficient (Wildman–Crippen LogP) is 0.595. The molecule has 0 radical (unpaired) electrons. The maximum atomic E-state index is 9.45. The van der Waals surface area contributed by atoms with E-state index in [-0.39, 0.29) is 5.75 Å². The van der Waals surface area contributed by atoms with Crippen LogP contribution in [0.2, 0.25) is 0 Å². The molecular weight excluding hydrogens is 199 g/mol. The van der Waals surface area contributed by atoms with Gasteiger partial charge in [0, 0.05) is 15.5 Å². The highest BCUT2D eigenvalue weighted by atomic mass is 32.1. The highest BCUT2D eigenvalue weighted by Gasteiger charge is 2.17. The van der Waals surface area contributed by atoms with Crippen LogP contribution in [0.15, 0.2) is 17.5 Å². The molecule has 0 aliphatic carbocycles. The van der Waals surface area contributed by atoms with Crippen molar-refractivity contribution < 1.29 is 15.2 Å². The number of aryl methyl sites for hydroxylation is 1. The third kappa shape index (κ3) is 1.30. The second-order valence-electron chi connectivity index (χ2n) is 3.15. The van der Waals surface area contributed by atoms with Gasteiger partial charge in [-0.25, -0.2) is 0 Å². The molecule has 0 spiro atoms. The number of rotatable bonds is 1. The molecule has 2 rings (SSSR count). The van der Waals surface area contributed by atoms with Gasteiger partial charge in [-0.2, -0.15) is 0 Å². The average molecular weight is 208 g/mol. The Bertz CT molecular complexity index is 478. The van der Waals surface area contributed by atoms with Gasteiger partial charge in [0.2, 0.25) is 0 Å². The molecular formula is C9H9BO3S. The summed E-state index contributed by atoms with van der Waals surface area (Å²) in [6.07, 6.45) is 0. The van der Waals surface area contributed by atoms with E-state index in [1.807, 2.05) is 6.92 Å². The summed E-state index contributed by atoms with van der Waals surface area (Å²) in [5.41, 5.74) is 1.29. The molecule has 3 nitrogen and oxygen atoms in total. The lowest BCUT2D eigenvalue weighted by Gasteiger charge is -2.04.